The van der Waals surface area contributed by atoms with Crippen LogP contribution in [-0.4, -0.2) is 38.3 Å². The van der Waals surface area contributed by atoms with Crippen LogP contribution < -0.4 is 4.57 Å². The number of carbonyl (C=O) groups excluding carboxylic acids is 1. The minimum atomic E-state index is -4.27. The van der Waals surface area contributed by atoms with E-state index in [0.717, 1.165) is 44.4 Å². The van der Waals surface area contributed by atoms with Crippen molar-refractivity contribution in [1.82, 2.24) is 0 Å². The highest BCUT2D eigenvalue weighted by Crippen LogP contribution is 2.25. The summed E-state index contributed by atoms with van der Waals surface area (Å²) in [5, 5.41) is 0. The molecule has 1 aliphatic heterocycles. The predicted molar refractivity (Wildman–Crippen MR) is 179 cm³/mol. The van der Waals surface area contributed by atoms with Crippen LogP contribution in [0.3, 0.4) is 0 Å². The number of hydrogen-bond donors (Lipinski definition) is 0. The fourth-order valence-electron chi connectivity index (χ4n) is 5.66. The van der Waals surface area contributed by atoms with Gasteiger partial charge in [-0.25, -0.2) is 13.0 Å². The second-order valence-electron chi connectivity index (χ2n) is 12.6. The summed E-state index contributed by atoms with van der Waals surface area (Å²) in [5.41, 5.74) is 0.928. The Kier molecular flexibility index (Phi) is 20.7. The SMILES string of the molecule is CCCCCCCCCCCCCC[C@@H]1CO[C@@H](COC(=O)CCCCC[n+]2ccccc2)C1.Cc1ccc(S(=O)(=O)[O-])cc1. The van der Waals surface area contributed by atoms with Gasteiger partial charge in [-0.1, -0.05) is 108 Å². The molecule has 1 aliphatic rings. The summed E-state index contributed by atoms with van der Waals surface area (Å²) in [6.07, 6.45) is 27.0. The number of aromatic nitrogens is 1. The third kappa shape index (κ3) is 19.7. The van der Waals surface area contributed by atoms with Crippen LogP contribution in [0.5, 0.6) is 0 Å². The van der Waals surface area contributed by atoms with Crippen LogP contribution in [0.25, 0.3) is 0 Å². The molecule has 0 amide bonds. The van der Waals surface area contributed by atoms with Crippen molar-refractivity contribution in [3.8, 4) is 0 Å². The molecule has 8 heteroatoms. The van der Waals surface area contributed by atoms with E-state index in [1.807, 2.05) is 25.1 Å². The van der Waals surface area contributed by atoms with E-state index in [4.69, 9.17) is 9.47 Å². The molecule has 2 atom stereocenters. The van der Waals surface area contributed by atoms with E-state index in [-0.39, 0.29) is 17.0 Å². The van der Waals surface area contributed by atoms with Gasteiger partial charge in [0.05, 0.1) is 17.6 Å². The molecule has 0 N–H and O–H groups in total. The van der Waals surface area contributed by atoms with Gasteiger partial charge in [0.25, 0.3) is 0 Å². The first kappa shape index (κ1) is 38.9. The zero-order valence-electron chi connectivity index (χ0n) is 28.0. The summed E-state index contributed by atoms with van der Waals surface area (Å²) < 4.78 is 44.7. The van der Waals surface area contributed by atoms with Crippen molar-refractivity contribution in [3.63, 3.8) is 0 Å². The van der Waals surface area contributed by atoms with Crippen molar-refractivity contribution in [2.75, 3.05) is 13.2 Å². The van der Waals surface area contributed by atoms with Gasteiger partial charge in [0.1, 0.15) is 23.3 Å². The number of ether oxygens (including phenoxy) is 2. The number of rotatable bonds is 22. The summed E-state index contributed by atoms with van der Waals surface area (Å²) in [4.78, 5) is 11.9. The molecule has 0 radical (unpaired) electrons. The van der Waals surface area contributed by atoms with Gasteiger partial charge < -0.3 is 14.0 Å². The average molecular weight is 646 g/mol. The molecule has 3 rings (SSSR count). The average Bonchev–Trinajstić information content (AvgIpc) is 3.49. The summed E-state index contributed by atoms with van der Waals surface area (Å²) in [6.45, 7) is 6.39. The van der Waals surface area contributed by atoms with Gasteiger partial charge in [0.15, 0.2) is 12.4 Å². The Morgan fingerprint density at radius 3 is 2.02 bits per heavy atom. The first-order valence-corrected chi connectivity index (χ1v) is 18.9. The molecule has 1 saturated heterocycles. The molecular formula is C37H59NO6S. The molecule has 0 unspecified atom stereocenters. The van der Waals surface area contributed by atoms with Gasteiger partial charge >= 0.3 is 5.97 Å². The molecule has 7 nitrogen and oxygen atoms in total. The molecule has 0 spiro atoms. The molecular weight excluding hydrogens is 586 g/mol. The maximum Gasteiger partial charge on any atom is 0.305 e. The minimum absolute atomic E-state index is 0.0691. The number of nitrogens with zero attached hydrogens (tertiary/aromatic N) is 1. The minimum Gasteiger partial charge on any atom is -0.744 e. The van der Waals surface area contributed by atoms with Gasteiger partial charge in [-0.05, 0) is 50.7 Å². The first-order valence-electron chi connectivity index (χ1n) is 17.5. The smallest absolute Gasteiger partial charge is 0.305 e. The van der Waals surface area contributed by atoms with Crippen molar-refractivity contribution < 1.29 is 31.8 Å². The lowest BCUT2D eigenvalue weighted by atomic mass is 9.97. The molecule has 254 valence electrons. The van der Waals surface area contributed by atoms with Crippen LogP contribution in [0.2, 0.25) is 0 Å². The first-order chi connectivity index (χ1) is 21.8. The Hall–Kier alpha value is -2.29. The number of carbonyl (C=O) groups is 1. The number of benzene rings is 1. The van der Waals surface area contributed by atoms with Gasteiger partial charge in [0, 0.05) is 25.0 Å². The van der Waals surface area contributed by atoms with E-state index < -0.39 is 10.1 Å². The topological polar surface area (TPSA) is 96.6 Å². The summed E-state index contributed by atoms with van der Waals surface area (Å²) in [5.74, 6) is 0.586. The van der Waals surface area contributed by atoms with Gasteiger partial charge in [-0.3, -0.25) is 4.79 Å². The van der Waals surface area contributed by atoms with E-state index in [0.29, 0.717) is 18.9 Å². The molecule has 1 aromatic heterocycles. The highest BCUT2D eigenvalue weighted by molar-refractivity contribution is 7.85. The Balaban J connectivity index is 0.000000537. The normalized spacial score (nSPS) is 16.2. The lowest BCUT2D eigenvalue weighted by Crippen LogP contribution is -2.32. The van der Waals surface area contributed by atoms with Gasteiger partial charge in [-0.15, -0.1) is 0 Å². The second-order valence-corrected chi connectivity index (χ2v) is 14.0. The summed E-state index contributed by atoms with van der Waals surface area (Å²) in [6, 6.07) is 11.9. The third-order valence-electron chi connectivity index (χ3n) is 8.44. The van der Waals surface area contributed by atoms with E-state index >= 15 is 0 Å². The van der Waals surface area contributed by atoms with Gasteiger partial charge in [0.2, 0.25) is 0 Å². The van der Waals surface area contributed by atoms with Crippen molar-refractivity contribution >= 4 is 16.1 Å². The molecule has 0 saturated carbocycles. The Morgan fingerprint density at radius 1 is 0.844 bits per heavy atom. The highest BCUT2D eigenvalue weighted by atomic mass is 32.2. The molecule has 0 bridgehead atoms. The summed E-state index contributed by atoms with van der Waals surface area (Å²) >= 11 is 0. The maximum atomic E-state index is 12.0. The van der Waals surface area contributed by atoms with Crippen LogP contribution in [0.15, 0.2) is 59.8 Å². The molecule has 2 heterocycles. The number of esters is 1. The second kappa shape index (κ2) is 24.0. The number of unbranched alkanes of at least 4 members (excludes halogenated alkanes) is 13. The molecule has 2 aromatic rings. The molecule has 1 fully saturated rings. The van der Waals surface area contributed by atoms with Gasteiger partial charge in [-0.2, -0.15) is 0 Å². The van der Waals surface area contributed by atoms with E-state index in [1.165, 1.54) is 95.6 Å². The monoisotopic (exact) mass is 645 g/mol. The highest BCUT2D eigenvalue weighted by Gasteiger charge is 2.26. The standard InChI is InChI=1S/C30H52NO3.C7H8O3S/c1-2-3-4-5-6-7-8-9-10-11-12-15-20-28-25-29(33-26-28)27-34-30(32)21-16-13-17-22-31-23-18-14-19-24-31;1-6-2-4-7(5-3-6)11(8,9)10/h14,18-19,23-24,28-29H,2-13,15-17,20-22,25-27H2,1H3;2-5H,1H3,(H,8,9,10)/q+1;/p-1/t28-,29+;/m0./s1. The van der Waals surface area contributed by atoms with Crippen molar-refractivity contribution in [2.24, 2.45) is 5.92 Å². The molecule has 1 aromatic carbocycles. The number of aryl methyl sites for hydroxylation is 2. The lowest BCUT2D eigenvalue weighted by Gasteiger charge is -2.10. The van der Waals surface area contributed by atoms with Crippen molar-refractivity contribution in [2.45, 2.75) is 147 Å². The molecule has 45 heavy (non-hydrogen) atoms. The molecule has 0 aliphatic carbocycles. The van der Waals surface area contributed by atoms with Crippen LogP contribution in [0.4, 0.5) is 0 Å². The quantitative estimate of drug-likeness (QED) is 0.0552. The van der Waals surface area contributed by atoms with Crippen LogP contribution in [0.1, 0.15) is 128 Å². The Morgan fingerprint density at radius 2 is 1.42 bits per heavy atom. The zero-order valence-corrected chi connectivity index (χ0v) is 28.8. The van der Waals surface area contributed by atoms with Crippen LogP contribution in [0, 0.1) is 12.8 Å². The summed E-state index contributed by atoms with van der Waals surface area (Å²) in [7, 11) is -4.27. The predicted octanol–water partition coefficient (Wildman–Crippen LogP) is 8.47. The maximum absolute atomic E-state index is 12.0. The van der Waals surface area contributed by atoms with E-state index in [9.17, 15) is 17.8 Å². The van der Waals surface area contributed by atoms with Crippen LogP contribution >= 0.6 is 0 Å². The fourth-order valence-corrected chi connectivity index (χ4v) is 6.13. The Bertz CT molecular complexity index is 1120. The van der Waals surface area contributed by atoms with Crippen LogP contribution in [-0.2, 0) is 30.9 Å². The number of pyridine rings is 1. The lowest BCUT2D eigenvalue weighted by molar-refractivity contribution is -0.697. The van der Waals surface area contributed by atoms with E-state index in [1.54, 1.807) is 12.1 Å². The van der Waals surface area contributed by atoms with Crippen molar-refractivity contribution in [1.29, 1.82) is 0 Å². The third-order valence-corrected chi connectivity index (χ3v) is 9.29. The van der Waals surface area contributed by atoms with Crippen molar-refractivity contribution in [3.05, 3.63) is 60.4 Å². The number of hydrogen-bond acceptors (Lipinski definition) is 6. The fraction of sp³-hybridized carbons (Fsp3) is 0.676. The van der Waals surface area contributed by atoms with E-state index in [2.05, 4.69) is 23.9 Å². The largest absolute Gasteiger partial charge is 0.744 e. The Labute approximate surface area is 273 Å². The zero-order chi connectivity index (χ0) is 32.6.